The number of pyridine rings is 1. The van der Waals surface area contributed by atoms with Crippen LogP contribution in [0.15, 0.2) is 24.3 Å². The lowest BCUT2D eigenvalue weighted by Crippen LogP contribution is -2.16. The van der Waals surface area contributed by atoms with Gasteiger partial charge < -0.3 is 10.2 Å². The molecule has 3 N–H and O–H groups in total. The van der Waals surface area contributed by atoms with Crippen LogP contribution in [0.25, 0.3) is 10.9 Å². The maximum absolute atomic E-state index is 5.60. The maximum Gasteiger partial charge on any atom is 0.121 e. The second-order valence-electron chi connectivity index (χ2n) is 4.75. The Balaban J connectivity index is 2.14. The molecule has 1 fully saturated rings. The molecule has 94 valence electrons. The monoisotopic (exact) mass is 243 g/mol. The lowest BCUT2D eigenvalue weighted by molar-refractivity contribution is 0.412. The third-order valence-electron chi connectivity index (χ3n) is 3.70. The fourth-order valence-electron chi connectivity index (χ4n) is 2.40. The van der Waals surface area contributed by atoms with Crippen molar-refractivity contribution in [3.8, 4) is 5.75 Å². The van der Waals surface area contributed by atoms with Gasteiger partial charge in [-0.25, -0.2) is 0 Å². The van der Waals surface area contributed by atoms with E-state index in [1.165, 1.54) is 19.3 Å². The van der Waals surface area contributed by atoms with E-state index in [9.17, 15) is 0 Å². The highest BCUT2D eigenvalue weighted by Gasteiger charge is 2.24. The number of aromatic nitrogens is 1. The molecule has 1 aromatic heterocycles. The SMILES string of the molecule is COc1ccc2cc(NN)c(C3CCC3)nc2c1. The highest BCUT2D eigenvalue weighted by molar-refractivity contribution is 5.84. The van der Waals surface area contributed by atoms with Crippen LogP contribution < -0.4 is 16.0 Å². The summed E-state index contributed by atoms with van der Waals surface area (Å²) < 4.78 is 5.24. The minimum absolute atomic E-state index is 0.548. The largest absolute Gasteiger partial charge is 0.497 e. The van der Waals surface area contributed by atoms with Gasteiger partial charge in [0.1, 0.15) is 5.75 Å². The van der Waals surface area contributed by atoms with Crippen LogP contribution in [0.5, 0.6) is 5.75 Å². The van der Waals surface area contributed by atoms with E-state index in [4.69, 9.17) is 15.6 Å². The van der Waals surface area contributed by atoms with Crippen molar-refractivity contribution in [3.63, 3.8) is 0 Å². The van der Waals surface area contributed by atoms with Crippen LogP contribution in [0.3, 0.4) is 0 Å². The smallest absolute Gasteiger partial charge is 0.121 e. The molecule has 1 aliphatic rings. The molecule has 0 bridgehead atoms. The number of nitrogens with one attached hydrogen (secondary N) is 1. The highest BCUT2D eigenvalue weighted by atomic mass is 16.5. The molecule has 18 heavy (non-hydrogen) atoms. The van der Waals surface area contributed by atoms with Gasteiger partial charge in [0.25, 0.3) is 0 Å². The average molecular weight is 243 g/mol. The molecule has 0 aliphatic heterocycles. The zero-order valence-corrected chi connectivity index (χ0v) is 10.4. The number of benzene rings is 1. The first-order valence-corrected chi connectivity index (χ1v) is 6.27. The molecule has 0 spiro atoms. The standard InChI is InChI=1S/C14H17N3O/c1-18-11-6-5-10-7-13(17-15)14(9-3-2-4-9)16-12(10)8-11/h5-9,17H,2-4,15H2,1H3. The Morgan fingerprint density at radius 2 is 2.17 bits per heavy atom. The normalized spacial score (nSPS) is 15.4. The Labute approximate surface area is 106 Å². The number of nitrogens with two attached hydrogens (primary N) is 1. The summed E-state index contributed by atoms with van der Waals surface area (Å²) in [6.07, 6.45) is 3.70. The minimum atomic E-state index is 0.548. The van der Waals surface area contributed by atoms with Gasteiger partial charge >= 0.3 is 0 Å². The van der Waals surface area contributed by atoms with Gasteiger partial charge in [0.05, 0.1) is 24.0 Å². The Morgan fingerprint density at radius 3 is 2.78 bits per heavy atom. The van der Waals surface area contributed by atoms with Gasteiger partial charge in [0, 0.05) is 17.4 Å². The van der Waals surface area contributed by atoms with Crippen molar-refractivity contribution in [2.75, 3.05) is 12.5 Å². The van der Waals surface area contributed by atoms with Crippen LogP contribution in [0.4, 0.5) is 5.69 Å². The Morgan fingerprint density at radius 1 is 1.33 bits per heavy atom. The molecule has 1 heterocycles. The van der Waals surface area contributed by atoms with Gasteiger partial charge in [0.2, 0.25) is 0 Å². The molecule has 0 unspecified atom stereocenters. The summed E-state index contributed by atoms with van der Waals surface area (Å²) in [6, 6.07) is 7.98. The molecule has 1 aromatic carbocycles. The van der Waals surface area contributed by atoms with Crippen molar-refractivity contribution in [2.24, 2.45) is 5.84 Å². The Bertz CT molecular complexity index is 579. The molecule has 0 radical (unpaired) electrons. The zero-order chi connectivity index (χ0) is 12.5. The topological polar surface area (TPSA) is 60.2 Å². The van der Waals surface area contributed by atoms with Crippen LogP contribution in [0, 0.1) is 0 Å². The molecule has 0 saturated heterocycles. The van der Waals surface area contributed by atoms with Crippen LogP contribution in [0.2, 0.25) is 0 Å². The van der Waals surface area contributed by atoms with Gasteiger partial charge in [-0.2, -0.15) is 0 Å². The number of hydrogen-bond donors (Lipinski definition) is 2. The lowest BCUT2D eigenvalue weighted by atomic mass is 9.82. The molecule has 2 aromatic rings. The maximum atomic E-state index is 5.60. The third-order valence-corrected chi connectivity index (χ3v) is 3.70. The molecule has 3 rings (SSSR count). The van der Waals surface area contributed by atoms with Crippen LogP contribution in [-0.2, 0) is 0 Å². The van der Waals surface area contributed by atoms with Crippen molar-refractivity contribution in [1.82, 2.24) is 4.98 Å². The lowest BCUT2D eigenvalue weighted by Gasteiger charge is -2.26. The molecule has 1 aliphatic carbocycles. The van der Waals surface area contributed by atoms with Crippen molar-refractivity contribution in [2.45, 2.75) is 25.2 Å². The molecule has 0 atom stereocenters. The predicted octanol–water partition coefficient (Wildman–Crippen LogP) is 2.80. The molecule has 4 nitrogen and oxygen atoms in total. The minimum Gasteiger partial charge on any atom is -0.497 e. The number of nitrogen functional groups attached to an aromatic ring is 1. The summed E-state index contributed by atoms with van der Waals surface area (Å²) in [5.74, 6) is 6.98. The van der Waals surface area contributed by atoms with E-state index >= 15 is 0 Å². The second kappa shape index (κ2) is 4.46. The fraction of sp³-hybridized carbons (Fsp3) is 0.357. The first-order valence-electron chi connectivity index (χ1n) is 6.27. The van der Waals surface area contributed by atoms with Crippen molar-refractivity contribution >= 4 is 16.6 Å². The van der Waals surface area contributed by atoms with Gasteiger partial charge in [-0.05, 0) is 31.0 Å². The first kappa shape index (κ1) is 11.3. The molecule has 0 amide bonds. The van der Waals surface area contributed by atoms with E-state index in [1.807, 2.05) is 18.2 Å². The number of hydrogen-bond acceptors (Lipinski definition) is 4. The first-order chi connectivity index (χ1) is 8.81. The van der Waals surface area contributed by atoms with Gasteiger partial charge in [0.15, 0.2) is 0 Å². The van der Waals surface area contributed by atoms with Crippen molar-refractivity contribution < 1.29 is 4.74 Å². The predicted molar refractivity (Wildman–Crippen MR) is 72.7 cm³/mol. The van der Waals surface area contributed by atoms with Gasteiger partial charge in [-0.15, -0.1) is 0 Å². The Hall–Kier alpha value is -1.81. The average Bonchev–Trinajstić information content (AvgIpc) is 2.35. The third kappa shape index (κ3) is 1.78. The molecule has 1 saturated carbocycles. The van der Waals surface area contributed by atoms with Crippen molar-refractivity contribution in [3.05, 3.63) is 30.0 Å². The van der Waals surface area contributed by atoms with Crippen LogP contribution in [0.1, 0.15) is 30.9 Å². The fourth-order valence-corrected chi connectivity index (χ4v) is 2.40. The summed E-state index contributed by atoms with van der Waals surface area (Å²) in [5, 5.41) is 1.08. The summed E-state index contributed by atoms with van der Waals surface area (Å²) in [4.78, 5) is 4.75. The van der Waals surface area contributed by atoms with E-state index in [2.05, 4.69) is 11.5 Å². The summed E-state index contributed by atoms with van der Waals surface area (Å²) in [5.41, 5.74) is 5.77. The van der Waals surface area contributed by atoms with Crippen molar-refractivity contribution in [1.29, 1.82) is 0 Å². The molecular formula is C14H17N3O. The van der Waals surface area contributed by atoms with Gasteiger partial charge in [-0.3, -0.25) is 10.8 Å². The van der Waals surface area contributed by atoms with Gasteiger partial charge in [-0.1, -0.05) is 6.42 Å². The quantitative estimate of drug-likeness (QED) is 0.643. The van der Waals surface area contributed by atoms with Crippen LogP contribution >= 0.6 is 0 Å². The summed E-state index contributed by atoms with van der Waals surface area (Å²) >= 11 is 0. The number of methoxy groups -OCH3 is 1. The highest BCUT2D eigenvalue weighted by Crippen LogP contribution is 2.39. The molecule has 4 heteroatoms. The van der Waals surface area contributed by atoms with E-state index in [0.29, 0.717) is 5.92 Å². The molecular weight excluding hydrogens is 226 g/mol. The van der Waals surface area contributed by atoms with E-state index in [-0.39, 0.29) is 0 Å². The summed E-state index contributed by atoms with van der Waals surface area (Å²) in [6.45, 7) is 0. The van der Waals surface area contributed by atoms with Crippen LogP contribution in [-0.4, -0.2) is 12.1 Å². The number of nitrogens with zero attached hydrogens (tertiary/aromatic N) is 1. The second-order valence-corrected chi connectivity index (χ2v) is 4.75. The Kier molecular flexibility index (Phi) is 2.80. The zero-order valence-electron chi connectivity index (χ0n) is 10.4. The van der Waals surface area contributed by atoms with E-state index in [0.717, 1.165) is 28.0 Å². The number of anilines is 1. The number of hydrazine groups is 1. The number of fused-ring (bicyclic) bond motifs is 1. The van der Waals surface area contributed by atoms with E-state index in [1.54, 1.807) is 7.11 Å². The summed E-state index contributed by atoms with van der Waals surface area (Å²) in [7, 11) is 1.67. The number of ether oxygens (including phenoxy) is 1. The number of rotatable bonds is 3. The van der Waals surface area contributed by atoms with E-state index < -0.39 is 0 Å².